The molecule has 2 aromatic rings. The minimum atomic E-state index is -0.805. The van der Waals surface area contributed by atoms with Crippen LogP contribution in [-0.4, -0.2) is 74.1 Å². The zero-order valence-corrected chi connectivity index (χ0v) is 21.0. The molecule has 0 unspecified atom stereocenters. The molecule has 1 fully saturated rings. The van der Waals surface area contributed by atoms with E-state index in [0.29, 0.717) is 41.3 Å². The average Bonchev–Trinajstić information content (AvgIpc) is 3.15. The predicted octanol–water partition coefficient (Wildman–Crippen LogP) is 3.87. The van der Waals surface area contributed by atoms with Gasteiger partial charge in [0.05, 0.1) is 32.9 Å². The molecule has 0 aromatic heterocycles. The highest BCUT2D eigenvalue weighted by Gasteiger charge is 2.46. The standard InChI is InChI=1S/C27H34N2O6/c1-6-28(7-2)14-11-15-29-23(19-16-20(33-3)26(35-5)21(17-19)34-4)22(25(31)27(29)32)24(30)18-12-9-8-10-13-18/h8-10,12-13,16-17,23,30H,6-7,11,14-15H2,1-5H3/b24-22+/t23-/m1/s1. The Morgan fingerprint density at radius 1 is 0.971 bits per heavy atom. The maximum absolute atomic E-state index is 13.2. The summed E-state index contributed by atoms with van der Waals surface area (Å²) in [6.07, 6.45) is 0.682. The number of ether oxygens (including phenoxy) is 3. The Balaban J connectivity index is 2.15. The van der Waals surface area contributed by atoms with Crippen molar-refractivity contribution in [3.05, 3.63) is 59.2 Å². The molecule has 2 aromatic carbocycles. The number of aliphatic hydroxyl groups is 1. The number of hydrogen-bond acceptors (Lipinski definition) is 7. The van der Waals surface area contributed by atoms with Crippen molar-refractivity contribution in [3.63, 3.8) is 0 Å². The molecule has 0 spiro atoms. The van der Waals surface area contributed by atoms with Gasteiger partial charge in [0, 0.05) is 12.1 Å². The van der Waals surface area contributed by atoms with Gasteiger partial charge in [0.1, 0.15) is 5.76 Å². The van der Waals surface area contributed by atoms with Gasteiger partial charge in [-0.25, -0.2) is 0 Å². The third-order valence-corrected chi connectivity index (χ3v) is 6.36. The summed E-state index contributed by atoms with van der Waals surface area (Å²) >= 11 is 0. The van der Waals surface area contributed by atoms with Crippen molar-refractivity contribution in [1.82, 2.24) is 9.80 Å². The zero-order valence-electron chi connectivity index (χ0n) is 21.0. The summed E-state index contributed by atoms with van der Waals surface area (Å²) in [5, 5.41) is 11.2. The van der Waals surface area contributed by atoms with Crippen LogP contribution in [0.1, 0.15) is 37.4 Å². The van der Waals surface area contributed by atoms with Crippen molar-refractivity contribution >= 4 is 17.4 Å². The minimum Gasteiger partial charge on any atom is -0.507 e. The van der Waals surface area contributed by atoms with Crippen LogP contribution in [0.25, 0.3) is 5.76 Å². The molecule has 0 saturated carbocycles. The Labute approximate surface area is 206 Å². The van der Waals surface area contributed by atoms with Crippen LogP contribution in [0.2, 0.25) is 0 Å². The fraction of sp³-hybridized carbons (Fsp3) is 0.407. The quantitative estimate of drug-likeness (QED) is 0.296. The Morgan fingerprint density at radius 3 is 2.09 bits per heavy atom. The number of likely N-dealkylation sites (tertiary alicyclic amines) is 1. The molecule has 1 heterocycles. The van der Waals surface area contributed by atoms with E-state index in [-0.39, 0.29) is 11.3 Å². The lowest BCUT2D eigenvalue weighted by molar-refractivity contribution is -0.140. The van der Waals surface area contributed by atoms with Crippen molar-refractivity contribution < 1.29 is 28.9 Å². The van der Waals surface area contributed by atoms with Gasteiger partial charge in [0.25, 0.3) is 11.7 Å². The van der Waals surface area contributed by atoms with Gasteiger partial charge in [0.2, 0.25) is 5.75 Å². The fourth-order valence-corrected chi connectivity index (χ4v) is 4.47. The third-order valence-electron chi connectivity index (χ3n) is 6.36. The number of benzene rings is 2. The van der Waals surface area contributed by atoms with Crippen molar-refractivity contribution in [3.8, 4) is 17.2 Å². The van der Waals surface area contributed by atoms with E-state index in [1.54, 1.807) is 36.4 Å². The Kier molecular flexibility index (Phi) is 8.76. The van der Waals surface area contributed by atoms with Crippen LogP contribution in [0.3, 0.4) is 0 Å². The number of methoxy groups -OCH3 is 3. The van der Waals surface area contributed by atoms with E-state index >= 15 is 0 Å². The highest BCUT2D eigenvalue weighted by molar-refractivity contribution is 6.46. The van der Waals surface area contributed by atoms with Crippen molar-refractivity contribution in [2.24, 2.45) is 0 Å². The topological polar surface area (TPSA) is 88.5 Å². The molecule has 35 heavy (non-hydrogen) atoms. The van der Waals surface area contributed by atoms with Gasteiger partial charge in [-0.2, -0.15) is 0 Å². The summed E-state index contributed by atoms with van der Waals surface area (Å²) in [4.78, 5) is 30.2. The number of Topliss-reactive ketones (excluding diaryl/α,β-unsaturated/α-hetero) is 1. The number of amides is 1. The second kappa shape index (κ2) is 11.8. The van der Waals surface area contributed by atoms with Gasteiger partial charge >= 0.3 is 0 Å². The fourth-order valence-electron chi connectivity index (χ4n) is 4.47. The van der Waals surface area contributed by atoms with Crippen LogP contribution in [0, 0.1) is 0 Å². The van der Waals surface area contributed by atoms with Crippen molar-refractivity contribution in [1.29, 1.82) is 0 Å². The zero-order chi connectivity index (χ0) is 25.5. The number of carbonyl (C=O) groups excluding carboxylic acids is 2. The number of aliphatic hydroxyl groups excluding tert-OH is 1. The van der Waals surface area contributed by atoms with E-state index in [9.17, 15) is 14.7 Å². The molecule has 3 rings (SSSR count). The summed E-state index contributed by atoms with van der Waals surface area (Å²) in [6.45, 7) is 7.13. The molecule has 0 bridgehead atoms. The van der Waals surface area contributed by atoms with Gasteiger partial charge in [-0.3, -0.25) is 9.59 Å². The first-order chi connectivity index (χ1) is 16.9. The first kappa shape index (κ1) is 26.1. The lowest BCUT2D eigenvalue weighted by Gasteiger charge is -2.27. The maximum atomic E-state index is 13.2. The molecule has 188 valence electrons. The van der Waals surface area contributed by atoms with Crippen LogP contribution in [0.5, 0.6) is 17.2 Å². The SMILES string of the molecule is CCN(CC)CCCN1C(=O)C(=O)/C(=C(/O)c2ccccc2)[C@H]1c1cc(OC)c(OC)c(OC)c1. The summed E-state index contributed by atoms with van der Waals surface area (Å²) in [5.74, 6) is -0.367. The molecule has 1 aliphatic heterocycles. The highest BCUT2D eigenvalue weighted by atomic mass is 16.5. The van der Waals surface area contributed by atoms with Crippen LogP contribution in [0.15, 0.2) is 48.0 Å². The number of hydrogen-bond donors (Lipinski definition) is 1. The molecule has 0 aliphatic carbocycles. The Hall–Kier alpha value is -3.52. The molecule has 1 aliphatic rings. The number of carbonyl (C=O) groups is 2. The largest absolute Gasteiger partial charge is 0.507 e. The summed E-state index contributed by atoms with van der Waals surface area (Å²) < 4.78 is 16.5. The van der Waals surface area contributed by atoms with Gasteiger partial charge in [-0.1, -0.05) is 44.2 Å². The van der Waals surface area contributed by atoms with Crippen molar-refractivity contribution in [2.75, 3.05) is 47.5 Å². The second-order valence-electron chi connectivity index (χ2n) is 8.20. The Morgan fingerprint density at radius 2 is 1.57 bits per heavy atom. The third kappa shape index (κ3) is 5.27. The molecule has 1 amide bonds. The highest BCUT2D eigenvalue weighted by Crippen LogP contribution is 2.45. The molecule has 8 heteroatoms. The number of ketones is 1. The normalized spacial score (nSPS) is 17.2. The first-order valence-electron chi connectivity index (χ1n) is 11.8. The number of rotatable bonds is 11. The smallest absolute Gasteiger partial charge is 0.295 e. The molecule has 1 atom stereocenters. The first-order valence-corrected chi connectivity index (χ1v) is 11.8. The van der Waals surface area contributed by atoms with Crippen LogP contribution < -0.4 is 14.2 Å². The summed E-state index contributed by atoms with van der Waals surface area (Å²) in [5.41, 5.74) is 1.09. The van der Waals surface area contributed by atoms with E-state index in [0.717, 1.165) is 19.6 Å². The molecular weight excluding hydrogens is 448 g/mol. The summed E-state index contributed by atoms with van der Waals surface area (Å²) in [6, 6.07) is 11.4. The lowest BCUT2D eigenvalue weighted by atomic mass is 9.94. The average molecular weight is 483 g/mol. The monoisotopic (exact) mass is 482 g/mol. The second-order valence-corrected chi connectivity index (χ2v) is 8.20. The molecule has 1 N–H and O–H groups in total. The van der Waals surface area contributed by atoms with Crippen LogP contribution >= 0.6 is 0 Å². The minimum absolute atomic E-state index is 0.0401. The molecular formula is C27H34N2O6. The van der Waals surface area contributed by atoms with E-state index in [2.05, 4.69) is 18.7 Å². The van der Waals surface area contributed by atoms with Crippen LogP contribution in [-0.2, 0) is 9.59 Å². The van der Waals surface area contributed by atoms with E-state index in [4.69, 9.17) is 14.2 Å². The molecule has 8 nitrogen and oxygen atoms in total. The van der Waals surface area contributed by atoms with E-state index < -0.39 is 17.7 Å². The summed E-state index contributed by atoms with van der Waals surface area (Å²) in [7, 11) is 4.52. The Bertz CT molecular complexity index is 1050. The van der Waals surface area contributed by atoms with Crippen LogP contribution in [0.4, 0.5) is 0 Å². The molecule has 1 saturated heterocycles. The predicted molar refractivity (Wildman–Crippen MR) is 134 cm³/mol. The van der Waals surface area contributed by atoms with Crippen molar-refractivity contribution in [2.45, 2.75) is 26.3 Å². The lowest BCUT2D eigenvalue weighted by Crippen LogP contribution is -2.33. The maximum Gasteiger partial charge on any atom is 0.295 e. The molecule has 0 radical (unpaired) electrons. The van der Waals surface area contributed by atoms with E-state index in [1.807, 2.05) is 6.07 Å². The number of nitrogens with zero attached hydrogens (tertiary/aromatic N) is 2. The van der Waals surface area contributed by atoms with Gasteiger partial charge in [0.15, 0.2) is 11.5 Å². The van der Waals surface area contributed by atoms with Gasteiger partial charge < -0.3 is 29.1 Å². The van der Waals surface area contributed by atoms with Gasteiger partial charge in [-0.15, -0.1) is 0 Å². The van der Waals surface area contributed by atoms with Gasteiger partial charge in [-0.05, 0) is 43.8 Å². The van der Waals surface area contributed by atoms with E-state index in [1.165, 1.54) is 26.2 Å².